The highest BCUT2D eigenvalue weighted by atomic mass is 16.1. The molecule has 0 saturated carbocycles. The van der Waals surface area contributed by atoms with Gasteiger partial charge in [0, 0.05) is 12.6 Å². The summed E-state index contributed by atoms with van der Waals surface area (Å²) in [6.07, 6.45) is 6.13. The van der Waals surface area contributed by atoms with Crippen molar-refractivity contribution in [1.82, 2.24) is 9.55 Å². The molecule has 3 heteroatoms. The Bertz CT molecular complexity index is 376. The van der Waals surface area contributed by atoms with Crippen molar-refractivity contribution in [2.75, 3.05) is 0 Å². The number of fused-ring (bicyclic) bond motifs is 1. The Morgan fingerprint density at radius 1 is 1.64 bits per heavy atom. The lowest BCUT2D eigenvalue weighted by Crippen LogP contribution is -2.21. The quantitative estimate of drug-likeness (QED) is 0.532. The summed E-state index contributed by atoms with van der Waals surface area (Å²) >= 11 is 0. The fraction of sp³-hybridized carbons (Fsp3) is 0.250. The molecule has 3 nitrogen and oxygen atoms in total. The predicted molar refractivity (Wildman–Crippen MR) is 42.2 cm³/mol. The maximum absolute atomic E-state index is 11.3. The summed E-state index contributed by atoms with van der Waals surface area (Å²) in [7, 11) is 1.72. The average Bonchev–Trinajstić information content (AvgIpc) is 2.45. The van der Waals surface area contributed by atoms with Gasteiger partial charge < -0.3 is 4.57 Å². The smallest absolute Gasteiger partial charge is 0.257 e. The molecule has 0 spiro atoms. The van der Waals surface area contributed by atoms with Gasteiger partial charge in [-0.25, -0.2) is 4.98 Å². The molecule has 1 aliphatic rings. The number of aryl methyl sites for hydroxylation is 1. The largest absolute Gasteiger partial charge is 0.302 e. The number of nitrogens with zero attached hydrogens (tertiary/aromatic N) is 2. The van der Waals surface area contributed by atoms with Gasteiger partial charge in [0.2, 0.25) is 0 Å². The first kappa shape index (κ1) is 6.34. The van der Waals surface area contributed by atoms with Crippen LogP contribution in [-0.2, 0) is 13.5 Å². The maximum atomic E-state index is 11.3. The SMILES string of the molecule is Cn1cnc2c(c1=O)CC=C2. The highest BCUT2D eigenvalue weighted by molar-refractivity contribution is 5.54. The molecule has 0 radical (unpaired) electrons. The van der Waals surface area contributed by atoms with Crippen LogP contribution in [0.25, 0.3) is 6.08 Å². The Kier molecular flexibility index (Phi) is 1.18. The van der Waals surface area contributed by atoms with Crippen molar-refractivity contribution in [3.63, 3.8) is 0 Å². The van der Waals surface area contributed by atoms with E-state index in [1.54, 1.807) is 13.4 Å². The molecule has 1 aromatic heterocycles. The number of aromatic nitrogens is 2. The van der Waals surface area contributed by atoms with E-state index in [-0.39, 0.29) is 5.56 Å². The number of rotatable bonds is 0. The van der Waals surface area contributed by atoms with Crippen LogP contribution >= 0.6 is 0 Å². The van der Waals surface area contributed by atoms with E-state index in [0.717, 1.165) is 17.7 Å². The molecule has 0 aliphatic heterocycles. The molecule has 2 rings (SSSR count). The zero-order chi connectivity index (χ0) is 7.84. The highest BCUT2D eigenvalue weighted by Crippen LogP contribution is 2.10. The molecule has 0 aromatic carbocycles. The number of allylic oxidation sites excluding steroid dienone is 1. The molecule has 0 unspecified atom stereocenters. The highest BCUT2D eigenvalue weighted by Gasteiger charge is 2.10. The molecule has 0 amide bonds. The first-order valence-electron chi connectivity index (χ1n) is 3.50. The van der Waals surface area contributed by atoms with Crippen LogP contribution in [0.3, 0.4) is 0 Å². The molecular formula is C8H8N2O. The minimum Gasteiger partial charge on any atom is -0.302 e. The van der Waals surface area contributed by atoms with E-state index in [2.05, 4.69) is 4.98 Å². The summed E-state index contributed by atoms with van der Waals surface area (Å²) in [5, 5.41) is 0. The van der Waals surface area contributed by atoms with E-state index < -0.39 is 0 Å². The summed E-state index contributed by atoms with van der Waals surface area (Å²) in [6.45, 7) is 0. The molecule has 0 N–H and O–H groups in total. The second-order valence-electron chi connectivity index (χ2n) is 2.63. The van der Waals surface area contributed by atoms with Crippen LogP contribution in [0.4, 0.5) is 0 Å². The summed E-state index contributed by atoms with van der Waals surface area (Å²) in [5.41, 5.74) is 1.71. The van der Waals surface area contributed by atoms with Gasteiger partial charge in [0.25, 0.3) is 5.56 Å². The topological polar surface area (TPSA) is 34.9 Å². The molecule has 56 valence electrons. The summed E-state index contributed by atoms with van der Waals surface area (Å²) in [5.74, 6) is 0. The van der Waals surface area contributed by atoms with Gasteiger partial charge >= 0.3 is 0 Å². The third-order valence-corrected chi connectivity index (χ3v) is 1.86. The molecule has 0 bridgehead atoms. The van der Waals surface area contributed by atoms with Crippen molar-refractivity contribution < 1.29 is 0 Å². The number of hydrogen-bond donors (Lipinski definition) is 0. The molecular weight excluding hydrogens is 140 g/mol. The van der Waals surface area contributed by atoms with E-state index in [9.17, 15) is 4.79 Å². The van der Waals surface area contributed by atoms with Crippen molar-refractivity contribution in [2.45, 2.75) is 6.42 Å². The van der Waals surface area contributed by atoms with Gasteiger partial charge in [-0.1, -0.05) is 6.08 Å². The Morgan fingerprint density at radius 2 is 2.45 bits per heavy atom. The lowest BCUT2D eigenvalue weighted by Gasteiger charge is -1.99. The average molecular weight is 148 g/mol. The molecule has 0 saturated heterocycles. The van der Waals surface area contributed by atoms with E-state index in [1.165, 1.54) is 4.57 Å². The molecule has 1 aliphatic carbocycles. The van der Waals surface area contributed by atoms with E-state index in [0.29, 0.717) is 0 Å². The van der Waals surface area contributed by atoms with Crippen LogP contribution in [0.5, 0.6) is 0 Å². The fourth-order valence-corrected chi connectivity index (χ4v) is 1.23. The first-order chi connectivity index (χ1) is 5.29. The molecule has 11 heavy (non-hydrogen) atoms. The van der Waals surface area contributed by atoms with Gasteiger partial charge in [0.05, 0.1) is 12.0 Å². The monoisotopic (exact) mass is 148 g/mol. The van der Waals surface area contributed by atoms with Gasteiger partial charge in [0.1, 0.15) is 0 Å². The van der Waals surface area contributed by atoms with Gasteiger partial charge in [-0.05, 0) is 12.5 Å². The van der Waals surface area contributed by atoms with Gasteiger partial charge in [-0.15, -0.1) is 0 Å². The standard InChI is InChI=1S/C8H8N2O/c1-10-5-9-7-4-2-3-6(7)8(10)11/h2,4-5H,3H2,1H3. The van der Waals surface area contributed by atoms with Crippen molar-refractivity contribution in [2.24, 2.45) is 7.05 Å². The Labute approximate surface area is 64.0 Å². The first-order valence-corrected chi connectivity index (χ1v) is 3.50. The van der Waals surface area contributed by atoms with Gasteiger partial charge in [-0.2, -0.15) is 0 Å². The summed E-state index contributed by atoms with van der Waals surface area (Å²) in [4.78, 5) is 15.4. The number of hydrogen-bond acceptors (Lipinski definition) is 2. The molecule has 0 atom stereocenters. The fourth-order valence-electron chi connectivity index (χ4n) is 1.23. The van der Waals surface area contributed by atoms with Crippen molar-refractivity contribution in [3.05, 3.63) is 34.0 Å². The predicted octanol–water partition coefficient (Wildman–Crippen LogP) is 0.350. The van der Waals surface area contributed by atoms with Crippen LogP contribution in [0, 0.1) is 0 Å². The van der Waals surface area contributed by atoms with Crippen LogP contribution in [-0.4, -0.2) is 9.55 Å². The Balaban J connectivity index is 2.77. The zero-order valence-electron chi connectivity index (χ0n) is 6.24. The van der Waals surface area contributed by atoms with Crippen molar-refractivity contribution in [1.29, 1.82) is 0 Å². The van der Waals surface area contributed by atoms with Gasteiger partial charge in [0.15, 0.2) is 0 Å². The second kappa shape index (κ2) is 2.05. The lowest BCUT2D eigenvalue weighted by atomic mass is 10.2. The maximum Gasteiger partial charge on any atom is 0.257 e. The molecule has 0 fully saturated rings. The molecule has 1 heterocycles. The van der Waals surface area contributed by atoms with Gasteiger partial charge in [-0.3, -0.25) is 4.79 Å². The normalized spacial score (nSPS) is 13.5. The molecule has 1 aromatic rings. The van der Waals surface area contributed by atoms with Crippen molar-refractivity contribution in [3.8, 4) is 0 Å². The lowest BCUT2D eigenvalue weighted by molar-refractivity contribution is 0.805. The van der Waals surface area contributed by atoms with Crippen LogP contribution < -0.4 is 5.56 Å². The second-order valence-corrected chi connectivity index (χ2v) is 2.63. The minimum absolute atomic E-state index is 0.0694. The van der Waals surface area contributed by atoms with Crippen LogP contribution in [0.2, 0.25) is 0 Å². The van der Waals surface area contributed by atoms with Crippen LogP contribution in [0.15, 0.2) is 17.2 Å². The Hall–Kier alpha value is -1.38. The third-order valence-electron chi connectivity index (χ3n) is 1.86. The minimum atomic E-state index is 0.0694. The summed E-state index contributed by atoms with van der Waals surface area (Å²) < 4.78 is 1.51. The third kappa shape index (κ3) is 0.808. The van der Waals surface area contributed by atoms with Crippen LogP contribution in [0.1, 0.15) is 11.3 Å². The Morgan fingerprint density at radius 3 is 3.27 bits per heavy atom. The van der Waals surface area contributed by atoms with E-state index >= 15 is 0 Å². The van der Waals surface area contributed by atoms with E-state index in [1.807, 2.05) is 12.2 Å². The summed E-state index contributed by atoms with van der Waals surface area (Å²) in [6, 6.07) is 0. The van der Waals surface area contributed by atoms with Crippen molar-refractivity contribution >= 4 is 6.08 Å². The zero-order valence-corrected chi connectivity index (χ0v) is 6.24. The van der Waals surface area contributed by atoms with E-state index in [4.69, 9.17) is 0 Å².